The number of thiophene rings is 1. The summed E-state index contributed by atoms with van der Waals surface area (Å²) in [7, 11) is -3.56. The Morgan fingerprint density at radius 3 is 2.85 bits per heavy atom. The highest BCUT2D eigenvalue weighted by molar-refractivity contribution is 7.91. The number of furan rings is 1. The van der Waals surface area contributed by atoms with Crippen molar-refractivity contribution in [3.63, 3.8) is 0 Å². The predicted molar refractivity (Wildman–Crippen MR) is 77.0 cm³/mol. The first-order chi connectivity index (χ1) is 9.62. The summed E-state index contributed by atoms with van der Waals surface area (Å²) in [5, 5.41) is 0. The zero-order valence-corrected chi connectivity index (χ0v) is 12.8. The molecule has 0 aliphatic heterocycles. The molecule has 7 heteroatoms. The number of nitrogens with one attached hydrogen (secondary N) is 1. The van der Waals surface area contributed by atoms with Crippen LogP contribution in [0.5, 0.6) is 0 Å². The summed E-state index contributed by atoms with van der Waals surface area (Å²) in [6.45, 7) is 2.28. The van der Waals surface area contributed by atoms with Gasteiger partial charge in [0.25, 0.3) is 10.0 Å². The molecular formula is C13H17NO4S2. The van der Waals surface area contributed by atoms with Crippen LogP contribution in [-0.4, -0.2) is 15.0 Å². The van der Waals surface area contributed by atoms with Crippen molar-refractivity contribution < 1.29 is 17.7 Å². The Hall–Kier alpha value is -1.15. The summed E-state index contributed by atoms with van der Waals surface area (Å²) in [6, 6.07) is 7.11. The fourth-order valence-electron chi connectivity index (χ4n) is 1.63. The molecule has 2 rings (SSSR count). The molecule has 1 N–H and O–H groups in total. The summed E-state index contributed by atoms with van der Waals surface area (Å²) in [5.41, 5.74) is 0. The zero-order valence-electron chi connectivity index (χ0n) is 11.2. The third-order valence-corrected chi connectivity index (χ3v) is 5.60. The van der Waals surface area contributed by atoms with E-state index in [0.29, 0.717) is 19.4 Å². The Kier molecular flexibility index (Phi) is 5.36. The highest BCUT2D eigenvalue weighted by Crippen LogP contribution is 2.21. The molecule has 0 saturated carbocycles. The molecule has 2 aromatic rings. The quantitative estimate of drug-likeness (QED) is 0.601. The summed E-state index contributed by atoms with van der Waals surface area (Å²) < 4.78 is 29.3. The van der Waals surface area contributed by atoms with Crippen LogP contribution in [0.3, 0.4) is 0 Å². The molecule has 5 nitrogen and oxygen atoms in total. The van der Waals surface area contributed by atoms with Gasteiger partial charge in [-0.15, -0.1) is 11.3 Å². The number of aryl methyl sites for hydroxylation is 2. The van der Waals surface area contributed by atoms with E-state index in [4.69, 9.17) is 9.25 Å². The van der Waals surface area contributed by atoms with E-state index in [1.54, 1.807) is 12.3 Å². The molecule has 110 valence electrons. The van der Waals surface area contributed by atoms with Crippen LogP contribution < -0.4 is 4.89 Å². The average Bonchev–Trinajstić information content (AvgIpc) is 3.09. The van der Waals surface area contributed by atoms with Gasteiger partial charge >= 0.3 is 0 Å². The monoisotopic (exact) mass is 315 g/mol. The largest absolute Gasteiger partial charge is 0.469 e. The molecule has 2 aromatic heterocycles. The van der Waals surface area contributed by atoms with E-state index in [0.717, 1.165) is 17.1 Å². The molecule has 0 bridgehead atoms. The molecule has 0 aromatic carbocycles. The number of sulfonamides is 1. The van der Waals surface area contributed by atoms with Gasteiger partial charge in [-0.2, -0.15) is 0 Å². The maximum absolute atomic E-state index is 11.9. The second kappa shape index (κ2) is 7.03. The maximum Gasteiger partial charge on any atom is 0.271 e. The molecule has 20 heavy (non-hydrogen) atoms. The topological polar surface area (TPSA) is 68.5 Å². The lowest BCUT2D eigenvalue weighted by Gasteiger charge is -2.04. The average molecular weight is 315 g/mol. The summed E-state index contributed by atoms with van der Waals surface area (Å²) in [5.74, 6) is 0.863. The van der Waals surface area contributed by atoms with Gasteiger partial charge in [-0.1, -0.05) is 11.8 Å². The second-order valence-electron chi connectivity index (χ2n) is 4.19. The van der Waals surface area contributed by atoms with Crippen molar-refractivity contribution >= 4 is 21.4 Å². The zero-order chi connectivity index (χ0) is 14.4. The number of hydrogen-bond acceptors (Lipinski definition) is 5. The van der Waals surface area contributed by atoms with Crippen LogP contribution in [0, 0.1) is 0 Å². The third kappa shape index (κ3) is 4.17. The molecule has 0 atom stereocenters. The summed E-state index contributed by atoms with van der Waals surface area (Å²) >= 11 is 1.26. The van der Waals surface area contributed by atoms with E-state index >= 15 is 0 Å². The minimum Gasteiger partial charge on any atom is -0.469 e. The van der Waals surface area contributed by atoms with Gasteiger partial charge in [0.05, 0.1) is 12.9 Å². The molecule has 0 saturated heterocycles. The Bertz CT molecular complexity index is 617. The fraction of sp³-hybridized carbons (Fsp3) is 0.385. The van der Waals surface area contributed by atoms with Crippen molar-refractivity contribution in [1.82, 2.24) is 4.89 Å². The minimum atomic E-state index is -3.56. The third-order valence-electron chi connectivity index (χ3n) is 2.67. The first-order valence-electron chi connectivity index (χ1n) is 6.36. The number of hydrogen-bond donors (Lipinski definition) is 1. The van der Waals surface area contributed by atoms with Gasteiger partial charge in [0.1, 0.15) is 9.97 Å². The first kappa shape index (κ1) is 15.2. The predicted octanol–water partition coefficient (Wildman–Crippen LogP) is 2.75. The fourth-order valence-corrected chi connectivity index (χ4v) is 3.73. The second-order valence-corrected chi connectivity index (χ2v) is 7.23. The van der Waals surface area contributed by atoms with E-state index in [-0.39, 0.29) is 4.21 Å². The van der Waals surface area contributed by atoms with Crippen molar-refractivity contribution in [3.8, 4) is 0 Å². The molecule has 2 heterocycles. The first-order valence-corrected chi connectivity index (χ1v) is 8.66. The van der Waals surface area contributed by atoms with E-state index in [1.165, 1.54) is 11.3 Å². The Morgan fingerprint density at radius 1 is 1.35 bits per heavy atom. The SMILES string of the molecule is CCc1ccc(S(=O)(=O)NOCCCc2ccco2)s1. The summed E-state index contributed by atoms with van der Waals surface area (Å²) in [4.78, 5) is 8.20. The van der Waals surface area contributed by atoms with Crippen LogP contribution in [0.1, 0.15) is 24.0 Å². The van der Waals surface area contributed by atoms with E-state index < -0.39 is 10.0 Å². The molecule has 0 radical (unpaired) electrons. The molecule has 0 aliphatic rings. The maximum atomic E-state index is 11.9. The normalized spacial score (nSPS) is 11.8. The lowest BCUT2D eigenvalue weighted by molar-refractivity contribution is 0.0907. The molecular weight excluding hydrogens is 298 g/mol. The smallest absolute Gasteiger partial charge is 0.271 e. The molecule has 0 spiro atoms. The van der Waals surface area contributed by atoms with Crippen molar-refractivity contribution in [2.75, 3.05) is 6.61 Å². The lowest BCUT2D eigenvalue weighted by Crippen LogP contribution is -2.23. The molecule has 0 aliphatic carbocycles. The standard InChI is InChI=1S/C13H17NO4S2/c1-2-12-7-8-13(19-12)20(15,16)14-18-10-4-6-11-5-3-9-17-11/h3,5,7-9,14H,2,4,6,10H2,1H3. The van der Waals surface area contributed by atoms with Crippen LogP contribution in [0.4, 0.5) is 0 Å². The Labute approximate surface area is 122 Å². The molecule has 0 fully saturated rings. The van der Waals surface area contributed by atoms with E-state index in [2.05, 4.69) is 4.89 Å². The van der Waals surface area contributed by atoms with Gasteiger partial charge in [-0.25, -0.2) is 8.42 Å². The van der Waals surface area contributed by atoms with Gasteiger partial charge < -0.3 is 4.42 Å². The van der Waals surface area contributed by atoms with Crippen molar-refractivity contribution in [1.29, 1.82) is 0 Å². The van der Waals surface area contributed by atoms with Crippen LogP contribution in [0.25, 0.3) is 0 Å². The van der Waals surface area contributed by atoms with Crippen LogP contribution in [0.2, 0.25) is 0 Å². The van der Waals surface area contributed by atoms with Gasteiger partial charge in [0.15, 0.2) is 0 Å². The van der Waals surface area contributed by atoms with Crippen molar-refractivity contribution in [3.05, 3.63) is 41.2 Å². The van der Waals surface area contributed by atoms with Crippen LogP contribution in [0.15, 0.2) is 39.2 Å². The van der Waals surface area contributed by atoms with Crippen LogP contribution in [-0.2, 0) is 27.7 Å². The van der Waals surface area contributed by atoms with Crippen molar-refractivity contribution in [2.24, 2.45) is 0 Å². The van der Waals surface area contributed by atoms with Crippen LogP contribution >= 0.6 is 11.3 Å². The van der Waals surface area contributed by atoms with Gasteiger partial charge in [-0.3, -0.25) is 4.84 Å². The molecule has 0 unspecified atom stereocenters. The minimum absolute atomic E-state index is 0.278. The summed E-state index contributed by atoms with van der Waals surface area (Å²) in [6.07, 6.45) is 3.83. The Morgan fingerprint density at radius 2 is 2.20 bits per heavy atom. The van der Waals surface area contributed by atoms with Gasteiger partial charge in [0.2, 0.25) is 0 Å². The van der Waals surface area contributed by atoms with E-state index in [1.807, 2.05) is 25.1 Å². The van der Waals surface area contributed by atoms with Gasteiger partial charge in [0, 0.05) is 11.3 Å². The highest BCUT2D eigenvalue weighted by Gasteiger charge is 2.16. The van der Waals surface area contributed by atoms with E-state index in [9.17, 15) is 8.42 Å². The number of rotatable bonds is 8. The highest BCUT2D eigenvalue weighted by atomic mass is 32.2. The molecule has 0 amide bonds. The van der Waals surface area contributed by atoms with Crippen molar-refractivity contribution in [2.45, 2.75) is 30.4 Å². The lowest BCUT2D eigenvalue weighted by atomic mass is 10.3. The van der Waals surface area contributed by atoms with Gasteiger partial charge in [-0.05, 0) is 37.1 Å². The Balaban J connectivity index is 1.75.